The van der Waals surface area contributed by atoms with Crippen molar-refractivity contribution in [2.45, 2.75) is 32.7 Å². The zero-order valence-corrected chi connectivity index (χ0v) is 15.3. The number of benzene rings is 2. The number of esters is 1. The zero-order chi connectivity index (χ0) is 19.8. The smallest absolute Gasteiger partial charge is 0.338 e. The maximum Gasteiger partial charge on any atom is 0.338 e. The normalized spacial score (nSPS) is 11.5. The van der Waals surface area contributed by atoms with E-state index in [4.69, 9.17) is 4.74 Å². The summed E-state index contributed by atoms with van der Waals surface area (Å²) in [5.74, 6) is -1.08. The van der Waals surface area contributed by atoms with Crippen molar-refractivity contribution in [1.29, 1.82) is 0 Å². The van der Waals surface area contributed by atoms with Crippen LogP contribution in [0.1, 0.15) is 34.8 Å². The first-order valence-corrected chi connectivity index (χ1v) is 8.62. The Morgan fingerprint density at radius 3 is 2.52 bits per heavy atom. The Morgan fingerprint density at radius 1 is 1.19 bits per heavy atom. The maximum absolute atomic E-state index is 12.0. The van der Waals surface area contributed by atoms with Gasteiger partial charge in [0, 0.05) is 17.7 Å². The molecule has 0 aliphatic carbocycles. The molecule has 0 radical (unpaired) electrons. The van der Waals surface area contributed by atoms with Crippen LogP contribution >= 0.6 is 0 Å². The second kappa shape index (κ2) is 9.47. The summed E-state index contributed by atoms with van der Waals surface area (Å²) in [5, 5.41) is 13.6. The van der Waals surface area contributed by atoms with Gasteiger partial charge in [0.1, 0.15) is 0 Å². The monoisotopic (exact) mass is 370 g/mol. The van der Waals surface area contributed by atoms with E-state index in [0.717, 1.165) is 12.8 Å². The number of ether oxygens (including phenoxy) is 1. The van der Waals surface area contributed by atoms with E-state index in [9.17, 15) is 19.7 Å². The average molecular weight is 370 g/mol. The van der Waals surface area contributed by atoms with Gasteiger partial charge in [-0.2, -0.15) is 0 Å². The molecular weight excluding hydrogens is 348 g/mol. The molecule has 1 amide bonds. The Morgan fingerprint density at radius 2 is 1.89 bits per heavy atom. The van der Waals surface area contributed by atoms with Crippen LogP contribution < -0.4 is 5.32 Å². The predicted molar refractivity (Wildman–Crippen MR) is 100 cm³/mol. The molecule has 0 heterocycles. The van der Waals surface area contributed by atoms with Crippen LogP contribution in [-0.4, -0.2) is 29.4 Å². The molecule has 1 N–H and O–H groups in total. The summed E-state index contributed by atoms with van der Waals surface area (Å²) in [6, 6.07) is 13.8. The number of hydrogen-bond acceptors (Lipinski definition) is 5. The van der Waals surface area contributed by atoms with Gasteiger partial charge < -0.3 is 10.1 Å². The van der Waals surface area contributed by atoms with Crippen molar-refractivity contribution in [3.8, 4) is 0 Å². The summed E-state index contributed by atoms with van der Waals surface area (Å²) in [6.45, 7) is 3.03. The molecule has 0 aliphatic heterocycles. The molecule has 2 aromatic rings. The minimum absolute atomic E-state index is 0.0574. The summed E-state index contributed by atoms with van der Waals surface area (Å²) in [6.07, 6.45) is 1.61. The van der Waals surface area contributed by atoms with Crippen molar-refractivity contribution in [2.24, 2.45) is 0 Å². The molecule has 2 rings (SSSR count). The van der Waals surface area contributed by atoms with Gasteiger partial charge in [-0.05, 0) is 44.4 Å². The maximum atomic E-state index is 12.0. The van der Waals surface area contributed by atoms with Crippen LogP contribution in [0.25, 0.3) is 0 Å². The Balaban J connectivity index is 1.78. The number of hydrogen-bond donors (Lipinski definition) is 1. The highest BCUT2D eigenvalue weighted by atomic mass is 16.6. The third kappa shape index (κ3) is 6.22. The fourth-order valence-electron chi connectivity index (χ4n) is 2.62. The van der Waals surface area contributed by atoms with Crippen LogP contribution in [0, 0.1) is 17.0 Å². The van der Waals surface area contributed by atoms with Crippen molar-refractivity contribution in [3.05, 3.63) is 75.3 Å². The van der Waals surface area contributed by atoms with Gasteiger partial charge in [0.25, 0.3) is 11.6 Å². The Labute approximate surface area is 157 Å². The number of nitro groups is 1. The second-order valence-corrected chi connectivity index (χ2v) is 6.33. The Kier molecular flexibility index (Phi) is 7.05. The number of nitrogens with zero attached hydrogens (tertiary/aromatic N) is 1. The second-order valence-electron chi connectivity index (χ2n) is 6.33. The number of carbonyl (C=O) groups excluding carboxylic acids is 2. The summed E-state index contributed by atoms with van der Waals surface area (Å²) >= 11 is 0. The van der Waals surface area contributed by atoms with Gasteiger partial charge in [-0.25, -0.2) is 4.79 Å². The highest BCUT2D eigenvalue weighted by Crippen LogP contribution is 2.19. The molecule has 7 nitrogen and oxygen atoms in total. The lowest BCUT2D eigenvalue weighted by atomic mass is 10.1. The van der Waals surface area contributed by atoms with Crippen LogP contribution in [0.15, 0.2) is 48.5 Å². The first kappa shape index (κ1) is 20.1. The number of aryl methyl sites for hydroxylation is 2. The summed E-state index contributed by atoms with van der Waals surface area (Å²) in [5.41, 5.74) is 1.64. The van der Waals surface area contributed by atoms with Crippen LogP contribution in [0.5, 0.6) is 0 Å². The summed E-state index contributed by atoms with van der Waals surface area (Å²) in [4.78, 5) is 34.2. The number of nitro benzene ring substituents is 1. The molecule has 0 bridgehead atoms. The first-order chi connectivity index (χ1) is 12.9. The molecule has 7 heteroatoms. The van der Waals surface area contributed by atoms with E-state index < -0.39 is 17.5 Å². The fraction of sp³-hybridized carbons (Fsp3) is 0.300. The predicted octanol–water partition coefficient (Wildman–Crippen LogP) is 3.20. The van der Waals surface area contributed by atoms with E-state index in [-0.39, 0.29) is 23.2 Å². The molecule has 0 saturated heterocycles. The van der Waals surface area contributed by atoms with Gasteiger partial charge >= 0.3 is 5.97 Å². The average Bonchev–Trinajstić information content (AvgIpc) is 2.65. The van der Waals surface area contributed by atoms with Crippen LogP contribution in [0.3, 0.4) is 0 Å². The Bertz CT molecular complexity index is 820. The van der Waals surface area contributed by atoms with Crippen LogP contribution in [0.2, 0.25) is 0 Å². The van der Waals surface area contributed by atoms with Gasteiger partial charge in [-0.15, -0.1) is 0 Å². The van der Waals surface area contributed by atoms with Crippen molar-refractivity contribution < 1.29 is 19.2 Å². The molecule has 0 aromatic heterocycles. The lowest BCUT2D eigenvalue weighted by Crippen LogP contribution is -2.36. The highest BCUT2D eigenvalue weighted by Gasteiger charge is 2.16. The van der Waals surface area contributed by atoms with Crippen LogP contribution in [-0.2, 0) is 16.0 Å². The molecule has 0 fully saturated rings. The Hall–Kier alpha value is -3.22. The number of amides is 1. The molecule has 0 aliphatic rings. The quantitative estimate of drug-likeness (QED) is 0.437. The molecule has 0 unspecified atom stereocenters. The lowest BCUT2D eigenvalue weighted by molar-refractivity contribution is -0.385. The molecule has 1 atom stereocenters. The van der Waals surface area contributed by atoms with Crippen molar-refractivity contribution in [1.82, 2.24) is 5.32 Å². The zero-order valence-electron chi connectivity index (χ0n) is 15.3. The van der Waals surface area contributed by atoms with Crippen molar-refractivity contribution in [2.75, 3.05) is 6.61 Å². The molecule has 142 valence electrons. The summed E-state index contributed by atoms with van der Waals surface area (Å²) in [7, 11) is 0. The third-order valence-corrected chi connectivity index (χ3v) is 4.08. The number of rotatable bonds is 8. The number of nitrogens with one attached hydrogen (secondary N) is 1. The molecule has 27 heavy (non-hydrogen) atoms. The molecule has 0 saturated carbocycles. The van der Waals surface area contributed by atoms with Gasteiger partial charge in [-0.3, -0.25) is 14.9 Å². The van der Waals surface area contributed by atoms with E-state index >= 15 is 0 Å². The lowest BCUT2D eigenvalue weighted by Gasteiger charge is -2.14. The third-order valence-electron chi connectivity index (χ3n) is 4.08. The number of carbonyl (C=O) groups is 2. The van der Waals surface area contributed by atoms with E-state index in [2.05, 4.69) is 5.32 Å². The standard InChI is InChI=1S/C20H22N2O5/c1-14-12-17(10-11-18(14)22(25)26)20(24)27-13-19(23)21-15(2)8-9-16-6-4-3-5-7-16/h3-7,10-12,15H,8-9,13H2,1-2H3,(H,21,23)/t15-/m1/s1. The largest absolute Gasteiger partial charge is 0.452 e. The minimum Gasteiger partial charge on any atom is -0.452 e. The fourth-order valence-corrected chi connectivity index (χ4v) is 2.62. The van der Waals surface area contributed by atoms with Gasteiger partial charge in [0.05, 0.1) is 10.5 Å². The van der Waals surface area contributed by atoms with E-state index in [1.165, 1.54) is 30.7 Å². The minimum atomic E-state index is -0.694. The molecule has 2 aromatic carbocycles. The summed E-state index contributed by atoms with van der Waals surface area (Å²) < 4.78 is 4.99. The van der Waals surface area contributed by atoms with Gasteiger partial charge in [0.2, 0.25) is 0 Å². The molecular formula is C20H22N2O5. The van der Waals surface area contributed by atoms with Crippen molar-refractivity contribution >= 4 is 17.6 Å². The first-order valence-electron chi connectivity index (χ1n) is 8.62. The highest BCUT2D eigenvalue weighted by molar-refractivity contribution is 5.91. The van der Waals surface area contributed by atoms with E-state index in [0.29, 0.717) is 5.56 Å². The van der Waals surface area contributed by atoms with E-state index in [1.54, 1.807) is 0 Å². The SMILES string of the molecule is Cc1cc(C(=O)OCC(=O)N[C@H](C)CCc2ccccc2)ccc1[N+](=O)[O-]. The van der Waals surface area contributed by atoms with Gasteiger partial charge in [0.15, 0.2) is 6.61 Å². The van der Waals surface area contributed by atoms with E-state index in [1.807, 2.05) is 37.3 Å². The molecule has 0 spiro atoms. The topological polar surface area (TPSA) is 98.5 Å². The van der Waals surface area contributed by atoms with Gasteiger partial charge in [-0.1, -0.05) is 30.3 Å². The van der Waals surface area contributed by atoms with Crippen LogP contribution in [0.4, 0.5) is 5.69 Å². The van der Waals surface area contributed by atoms with Crippen molar-refractivity contribution in [3.63, 3.8) is 0 Å².